The van der Waals surface area contributed by atoms with Crippen molar-refractivity contribution >= 4 is 29.9 Å². The molecule has 1 saturated carbocycles. The van der Waals surface area contributed by atoms with Crippen molar-refractivity contribution in [3.05, 3.63) is 34.9 Å². The van der Waals surface area contributed by atoms with E-state index in [4.69, 9.17) is 17.3 Å². The minimum absolute atomic E-state index is 0. The predicted molar refractivity (Wildman–Crippen MR) is 92.6 cm³/mol. The average Bonchev–Trinajstić information content (AvgIpc) is 2.98. The molecule has 1 amide bonds. The van der Waals surface area contributed by atoms with Crippen molar-refractivity contribution in [3.63, 3.8) is 0 Å². The Kier molecular flexibility index (Phi) is 5.76. The number of nitrogens with zero attached hydrogens (tertiary/aromatic N) is 1. The lowest BCUT2D eigenvalue weighted by Crippen LogP contribution is -2.50. The Morgan fingerprint density at radius 2 is 1.86 bits per heavy atom. The van der Waals surface area contributed by atoms with E-state index in [0.717, 1.165) is 57.2 Å². The van der Waals surface area contributed by atoms with E-state index in [0.29, 0.717) is 5.02 Å². The van der Waals surface area contributed by atoms with E-state index in [9.17, 15) is 4.79 Å². The molecule has 0 atom stereocenters. The molecule has 0 radical (unpaired) electrons. The Morgan fingerprint density at radius 3 is 2.45 bits per heavy atom. The van der Waals surface area contributed by atoms with Crippen molar-refractivity contribution in [2.75, 3.05) is 13.1 Å². The molecule has 1 saturated heterocycles. The van der Waals surface area contributed by atoms with E-state index in [1.165, 1.54) is 0 Å². The van der Waals surface area contributed by atoms with Crippen molar-refractivity contribution < 1.29 is 4.79 Å². The van der Waals surface area contributed by atoms with Gasteiger partial charge in [0.25, 0.3) is 0 Å². The van der Waals surface area contributed by atoms with Crippen LogP contribution in [0.2, 0.25) is 5.02 Å². The molecule has 0 spiro atoms. The van der Waals surface area contributed by atoms with Gasteiger partial charge in [-0.05, 0) is 43.4 Å². The third-order valence-electron chi connectivity index (χ3n) is 5.07. The first-order valence-corrected chi connectivity index (χ1v) is 8.31. The van der Waals surface area contributed by atoms with E-state index in [1.54, 1.807) is 0 Å². The number of hydrogen-bond acceptors (Lipinski definition) is 2. The fourth-order valence-electron chi connectivity index (χ4n) is 3.80. The zero-order chi connectivity index (χ0) is 14.9. The summed E-state index contributed by atoms with van der Waals surface area (Å²) in [4.78, 5) is 15.2. The van der Waals surface area contributed by atoms with Crippen LogP contribution in [0.1, 0.15) is 44.1 Å². The first-order valence-electron chi connectivity index (χ1n) is 7.93. The van der Waals surface area contributed by atoms with Gasteiger partial charge >= 0.3 is 0 Å². The Labute approximate surface area is 143 Å². The molecule has 1 aromatic rings. The summed E-state index contributed by atoms with van der Waals surface area (Å²) in [6, 6.07) is 8.11. The second-order valence-corrected chi connectivity index (χ2v) is 6.87. The molecule has 1 aliphatic heterocycles. The maximum atomic E-state index is 13.2. The molecule has 5 heteroatoms. The maximum absolute atomic E-state index is 13.2. The highest BCUT2D eigenvalue weighted by molar-refractivity contribution is 6.30. The Bertz CT molecular complexity index is 521. The molecule has 0 aromatic heterocycles. The molecule has 0 unspecified atom stereocenters. The fourth-order valence-corrected chi connectivity index (χ4v) is 3.99. The molecule has 2 N–H and O–H groups in total. The molecule has 0 bridgehead atoms. The number of carbonyl (C=O) groups excluding carboxylic acids is 1. The second-order valence-electron chi connectivity index (χ2n) is 6.43. The van der Waals surface area contributed by atoms with E-state index in [2.05, 4.69) is 6.07 Å². The first kappa shape index (κ1) is 17.6. The van der Waals surface area contributed by atoms with Gasteiger partial charge in [0, 0.05) is 24.2 Å². The van der Waals surface area contributed by atoms with Crippen LogP contribution in [0.4, 0.5) is 0 Å². The number of nitrogens with two attached hydrogens (primary N) is 1. The SMILES string of the molecule is Cl.NC1CCN(C(=O)C2(c3cccc(Cl)c3)CCCC2)CC1. The van der Waals surface area contributed by atoms with Crippen LogP contribution in [0, 0.1) is 0 Å². The molecule has 1 aromatic carbocycles. The van der Waals surface area contributed by atoms with Gasteiger partial charge in [0.1, 0.15) is 0 Å². The lowest BCUT2D eigenvalue weighted by atomic mass is 9.77. The van der Waals surface area contributed by atoms with Crippen molar-refractivity contribution in [2.45, 2.75) is 50.0 Å². The van der Waals surface area contributed by atoms with Crippen molar-refractivity contribution in [2.24, 2.45) is 5.73 Å². The van der Waals surface area contributed by atoms with Crippen molar-refractivity contribution in [3.8, 4) is 0 Å². The minimum atomic E-state index is -0.355. The zero-order valence-corrected chi connectivity index (χ0v) is 14.3. The Morgan fingerprint density at radius 1 is 1.23 bits per heavy atom. The number of carbonyl (C=O) groups is 1. The molecule has 1 aliphatic carbocycles. The van der Waals surface area contributed by atoms with Crippen LogP contribution in [0.25, 0.3) is 0 Å². The monoisotopic (exact) mass is 342 g/mol. The Hall–Kier alpha value is -0.770. The van der Waals surface area contributed by atoms with Crippen LogP contribution in [0.5, 0.6) is 0 Å². The lowest BCUT2D eigenvalue weighted by molar-refractivity contribution is -0.138. The maximum Gasteiger partial charge on any atom is 0.233 e. The highest BCUT2D eigenvalue weighted by Crippen LogP contribution is 2.43. The third kappa shape index (κ3) is 3.27. The van der Waals surface area contributed by atoms with Crippen LogP contribution in [0.3, 0.4) is 0 Å². The van der Waals surface area contributed by atoms with Gasteiger partial charge in [0.2, 0.25) is 5.91 Å². The zero-order valence-electron chi connectivity index (χ0n) is 12.8. The van der Waals surface area contributed by atoms with Crippen LogP contribution >= 0.6 is 24.0 Å². The molecule has 2 aliphatic rings. The smallest absolute Gasteiger partial charge is 0.233 e. The quantitative estimate of drug-likeness (QED) is 0.893. The fraction of sp³-hybridized carbons (Fsp3) is 0.588. The first-order chi connectivity index (χ1) is 10.1. The van der Waals surface area contributed by atoms with Crippen molar-refractivity contribution in [1.29, 1.82) is 0 Å². The van der Waals surface area contributed by atoms with Crippen LogP contribution < -0.4 is 5.73 Å². The standard InChI is InChI=1S/C17H23ClN2O.ClH/c18-14-5-3-4-13(12-14)17(8-1-2-9-17)16(21)20-10-6-15(19)7-11-20;/h3-5,12,15H,1-2,6-11,19H2;1H. The third-order valence-corrected chi connectivity index (χ3v) is 5.31. The van der Waals surface area contributed by atoms with Gasteiger partial charge in [-0.15, -0.1) is 12.4 Å². The summed E-state index contributed by atoms with van der Waals surface area (Å²) in [5, 5.41) is 0.715. The second kappa shape index (κ2) is 7.20. The molecule has 122 valence electrons. The molecule has 3 nitrogen and oxygen atoms in total. The van der Waals surface area contributed by atoms with Gasteiger partial charge in [0.15, 0.2) is 0 Å². The van der Waals surface area contributed by atoms with Crippen molar-refractivity contribution in [1.82, 2.24) is 4.90 Å². The van der Waals surface area contributed by atoms with Crippen LogP contribution in [0.15, 0.2) is 24.3 Å². The number of piperidine rings is 1. The summed E-state index contributed by atoms with van der Waals surface area (Å²) in [7, 11) is 0. The molecular formula is C17H24Cl2N2O. The number of rotatable bonds is 2. The van der Waals surface area contributed by atoms with Gasteiger partial charge in [-0.3, -0.25) is 4.79 Å². The van der Waals surface area contributed by atoms with E-state index in [-0.39, 0.29) is 29.8 Å². The lowest BCUT2D eigenvalue weighted by Gasteiger charge is -2.38. The predicted octanol–water partition coefficient (Wildman–Crippen LogP) is 3.52. The summed E-state index contributed by atoms with van der Waals surface area (Å²) in [6.07, 6.45) is 5.94. The summed E-state index contributed by atoms with van der Waals surface area (Å²) < 4.78 is 0. The number of amides is 1. The number of halogens is 2. The normalized spacial score (nSPS) is 21.5. The molecule has 1 heterocycles. The minimum Gasteiger partial charge on any atom is -0.342 e. The highest BCUT2D eigenvalue weighted by atomic mass is 35.5. The van der Waals surface area contributed by atoms with Crippen LogP contribution in [-0.4, -0.2) is 29.9 Å². The summed E-state index contributed by atoms with van der Waals surface area (Å²) in [6.45, 7) is 1.59. The van der Waals surface area contributed by atoms with Gasteiger partial charge in [-0.1, -0.05) is 36.6 Å². The van der Waals surface area contributed by atoms with Gasteiger partial charge < -0.3 is 10.6 Å². The molecule has 22 heavy (non-hydrogen) atoms. The van der Waals surface area contributed by atoms with E-state index in [1.807, 2.05) is 23.1 Å². The molecular weight excluding hydrogens is 319 g/mol. The van der Waals surface area contributed by atoms with E-state index < -0.39 is 0 Å². The molecule has 3 rings (SSSR count). The van der Waals surface area contributed by atoms with Crippen LogP contribution in [-0.2, 0) is 10.2 Å². The summed E-state index contributed by atoms with van der Waals surface area (Å²) in [5.74, 6) is 0.286. The summed E-state index contributed by atoms with van der Waals surface area (Å²) in [5.41, 5.74) is 6.69. The van der Waals surface area contributed by atoms with Gasteiger partial charge in [0.05, 0.1) is 5.41 Å². The number of likely N-dealkylation sites (tertiary alicyclic amines) is 1. The van der Waals surface area contributed by atoms with Gasteiger partial charge in [-0.25, -0.2) is 0 Å². The average molecular weight is 343 g/mol. The summed E-state index contributed by atoms with van der Waals surface area (Å²) >= 11 is 6.15. The topological polar surface area (TPSA) is 46.3 Å². The number of benzene rings is 1. The molecule has 2 fully saturated rings. The van der Waals surface area contributed by atoms with E-state index >= 15 is 0 Å². The number of hydrogen-bond donors (Lipinski definition) is 1. The Balaban J connectivity index is 0.00000176. The highest BCUT2D eigenvalue weighted by Gasteiger charge is 2.45. The van der Waals surface area contributed by atoms with Gasteiger partial charge in [-0.2, -0.15) is 0 Å². The largest absolute Gasteiger partial charge is 0.342 e.